The second-order valence-electron chi connectivity index (χ2n) is 6.89. The van der Waals surface area contributed by atoms with Gasteiger partial charge in [0.15, 0.2) is 5.13 Å². The lowest BCUT2D eigenvalue weighted by Crippen LogP contribution is -2.13. The number of anilines is 1. The molecule has 8 heteroatoms. The normalized spacial score (nSPS) is 11.3. The summed E-state index contributed by atoms with van der Waals surface area (Å²) in [5, 5.41) is 7.66. The molecular formula is C20H20N6OS. The van der Waals surface area contributed by atoms with E-state index in [1.54, 1.807) is 4.52 Å². The lowest BCUT2D eigenvalue weighted by atomic mass is 10.1. The van der Waals surface area contributed by atoms with Crippen molar-refractivity contribution in [3.05, 3.63) is 58.5 Å². The number of nitrogens with one attached hydrogen (secondary N) is 1. The van der Waals surface area contributed by atoms with Crippen LogP contribution < -0.4 is 5.32 Å². The molecule has 4 rings (SSSR count). The zero-order valence-corrected chi connectivity index (χ0v) is 16.9. The highest BCUT2D eigenvalue weighted by Gasteiger charge is 2.20. The van der Waals surface area contributed by atoms with Crippen molar-refractivity contribution in [1.82, 2.24) is 24.6 Å². The van der Waals surface area contributed by atoms with Gasteiger partial charge in [-0.15, -0.1) is 16.4 Å². The van der Waals surface area contributed by atoms with Gasteiger partial charge in [0, 0.05) is 21.8 Å². The highest BCUT2D eigenvalue weighted by Crippen LogP contribution is 2.36. The van der Waals surface area contributed by atoms with E-state index in [1.165, 1.54) is 11.3 Å². The second-order valence-corrected chi connectivity index (χ2v) is 7.92. The molecule has 28 heavy (non-hydrogen) atoms. The Morgan fingerprint density at radius 2 is 1.86 bits per heavy atom. The van der Waals surface area contributed by atoms with Crippen molar-refractivity contribution in [2.75, 3.05) is 5.32 Å². The molecule has 0 bridgehead atoms. The van der Waals surface area contributed by atoms with Gasteiger partial charge in [0.25, 0.3) is 11.7 Å². The van der Waals surface area contributed by atoms with Gasteiger partial charge < -0.3 is 0 Å². The average Bonchev–Trinajstić information content (AvgIpc) is 3.27. The number of hydrogen-bond donors (Lipinski definition) is 1. The van der Waals surface area contributed by atoms with Crippen LogP contribution in [0.25, 0.3) is 17.0 Å². The van der Waals surface area contributed by atoms with Gasteiger partial charge in [-0.25, -0.2) is 14.5 Å². The number of amides is 1. The van der Waals surface area contributed by atoms with Crippen LogP contribution >= 0.6 is 11.3 Å². The van der Waals surface area contributed by atoms with Crippen LogP contribution in [0, 0.1) is 13.8 Å². The quantitative estimate of drug-likeness (QED) is 0.561. The first-order chi connectivity index (χ1) is 13.4. The summed E-state index contributed by atoms with van der Waals surface area (Å²) in [6.45, 7) is 8.02. The third-order valence-electron chi connectivity index (χ3n) is 4.27. The molecule has 0 fully saturated rings. The number of aryl methyl sites for hydroxylation is 2. The largest absolute Gasteiger partial charge is 0.297 e. The Hall–Kier alpha value is -3.13. The lowest BCUT2D eigenvalue weighted by Gasteiger charge is -2.04. The molecule has 0 unspecified atom stereocenters. The van der Waals surface area contributed by atoms with Crippen molar-refractivity contribution in [3.63, 3.8) is 0 Å². The Labute approximate surface area is 166 Å². The minimum Gasteiger partial charge on any atom is -0.295 e. The van der Waals surface area contributed by atoms with Gasteiger partial charge in [0.1, 0.15) is 0 Å². The molecule has 1 aromatic carbocycles. The minimum atomic E-state index is -0.397. The molecule has 3 heterocycles. The first-order valence-electron chi connectivity index (χ1n) is 9.01. The van der Waals surface area contributed by atoms with E-state index in [4.69, 9.17) is 0 Å². The first-order valence-corrected chi connectivity index (χ1v) is 9.82. The predicted octanol–water partition coefficient (Wildman–Crippen LogP) is 4.24. The molecule has 142 valence electrons. The Kier molecular flexibility index (Phi) is 4.64. The van der Waals surface area contributed by atoms with Crippen molar-refractivity contribution in [1.29, 1.82) is 0 Å². The van der Waals surface area contributed by atoms with Gasteiger partial charge in [0.05, 0.1) is 5.69 Å². The third-order valence-corrected chi connectivity index (χ3v) is 5.54. The summed E-state index contributed by atoms with van der Waals surface area (Å²) < 4.78 is 1.57. The zero-order chi connectivity index (χ0) is 19.8. The van der Waals surface area contributed by atoms with Gasteiger partial charge in [-0.1, -0.05) is 44.2 Å². The van der Waals surface area contributed by atoms with Crippen LogP contribution in [-0.2, 0) is 0 Å². The van der Waals surface area contributed by atoms with Gasteiger partial charge >= 0.3 is 0 Å². The van der Waals surface area contributed by atoms with Crippen LogP contribution in [0.15, 0.2) is 36.4 Å². The molecule has 0 aliphatic rings. The SMILES string of the molecule is Cc1cc(C)n2nc(C(=O)Nc3nc(-c4ccccc4)c(C(C)C)s3)nc2n1. The number of aromatic nitrogens is 5. The number of rotatable bonds is 4. The fraction of sp³-hybridized carbons (Fsp3) is 0.250. The maximum absolute atomic E-state index is 12.7. The zero-order valence-electron chi connectivity index (χ0n) is 16.1. The number of hydrogen-bond acceptors (Lipinski definition) is 6. The van der Waals surface area contributed by atoms with E-state index in [-0.39, 0.29) is 5.82 Å². The maximum atomic E-state index is 12.7. The van der Waals surface area contributed by atoms with E-state index >= 15 is 0 Å². The molecule has 1 amide bonds. The molecule has 0 spiro atoms. The molecule has 7 nitrogen and oxygen atoms in total. The molecule has 0 aliphatic heterocycles. The fourth-order valence-electron chi connectivity index (χ4n) is 3.00. The number of thiazole rings is 1. The minimum absolute atomic E-state index is 0.0729. The standard InChI is InChI=1S/C20H20N6OS/c1-11(2)16-15(14-8-6-5-7-9-14)22-20(28-16)24-18(27)17-23-19-21-12(3)10-13(4)26(19)25-17/h5-11H,1-4H3,(H,22,24,27). The van der Waals surface area contributed by atoms with Crippen molar-refractivity contribution >= 4 is 28.2 Å². The fourth-order valence-corrected chi connectivity index (χ4v) is 3.98. The summed E-state index contributed by atoms with van der Waals surface area (Å²) in [6, 6.07) is 11.9. The van der Waals surface area contributed by atoms with E-state index in [1.807, 2.05) is 50.2 Å². The second kappa shape index (κ2) is 7.12. The van der Waals surface area contributed by atoms with Gasteiger partial charge in [-0.2, -0.15) is 4.98 Å². The molecule has 0 atom stereocenters. The average molecular weight is 392 g/mol. The Balaban J connectivity index is 1.66. The topological polar surface area (TPSA) is 85.1 Å². The highest BCUT2D eigenvalue weighted by atomic mass is 32.1. The van der Waals surface area contributed by atoms with Crippen LogP contribution in [0.2, 0.25) is 0 Å². The Morgan fingerprint density at radius 3 is 2.57 bits per heavy atom. The van der Waals surface area contributed by atoms with E-state index < -0.39 is 5.91 Å². The number of nitrogens with zero attached hydrogens (tertiary/aromatic N) is 5. The Morgan fingerprint density at radius 1 is 1.11 bits per heavy atom. The first kappa shape index (κ1) is 18.2. The molecule has 4 aromatic rings. The number of carbonyl (C=O) groups is 1. The van der Waals surface area contributed by atoms with Crippen LogP contribution in [0.3, 0.4) is 0 Å². The van der Waals surface area contributed by atoms with Crippen molar-refractivity contribution in [2.24, 2.45) is 0 Å². The smallest absolute Gasteiger partial charge is 0.295 e. The van der Waals surface area contributed by atoms with E-state index in [9.17, 15) is 4.79 Å². The predicted molar refractivity (Wildman–Crippen MR) is 110 cm³/mol. The Bertz CT molecular complexity index is 1160. The van der Waals surface area contributed by atoms with Crippen molar-refractivity contribution in [2.45, 2.75) is 33.6 Å². The number of benzene rings is 1. The molecule has 0 saturated heterocycles. The molecule has 0 saturated carbocycles. The van der Waals surface area contributed by atoms with Crippen LogP contribution in [0.4, 0.5) is 5.13 Å². The molecule has 1 N–H and O–H groups in total. The monoisotopic (exact) mass is 392 g/mol. The summed E-state index contributed by atoms with van der Waals surface area (Å²) in [5.74, 6) is 0.381. The van der Waals surface area contributed by atoms with Gasteiger partial charge in [-0.05, 0) is 25.8 Å². The number of fused-ring (bicyclic) bond motifs is 1. The third kappa shape index (κ3) is 3.38. The molecule has 3 aromatic heterocycles. The maximum Gasteiger partial charge on any atom is 0.297 e. The summed E-state index contributed by atoms with van der Waals surface area (Å²) >= 11 is 1.48. The van der Waals surface area contributed by atoms with Crippen LogP contribution in [-0.4, -0.2) is 30.5 Å². The van der Waals surface area contributed by atoms with Gasteiger partial charge in [0.2, 0.25) is 5.82 Å². The molecular weight excluding hydrogens is 372 g/mol. The summed E-state index contributed by atoms with van der Waals surface area (Å²) in [4.78, 5) is 27.1. The van der Waals surface area contributed by atoms with E-state index in [0.29, 0.717) is 16.8 Å². The van der Waals surface area contributed by atoms with Crippen molar-refractivity contribution in [3.8, 4) is 11.3 Å². The molecule has 0 aliphatic carbocycles. The summed E-state index contributed by atoms with van der Waals surface area (Å²) in [7, 11) is 0. The highest BCUT2D eigenvalue weighted by molar-refractivity contribution is 7.16. The summed E-state index contributed by atoms with van der Waals surface area (Å²) in [6.07, 6.45) is 0. The number of carbonyl (C=O) groups excluding carboxylic acids is 1. The van der Waals surface area contributed by atoms with Gasteiger partial charge in [-0.3, -0.25) is 10.1 Å². The molecule has 0 radical (unpaired) electrons. The van der Waals surface area contributed by atoms with Crippen molar-refractivity contribution < 1.29 is 4.79 Å². The summed E-state index contributed by atoms with van der Waals surface area (Å²) in [5.41, 5.74) is 3.63. The van der Waals surface area contributed by atoms with E-state index in [0.717, 1.165) is 27.5 Å². The lowest BCUT2D eigenvalue weighted by molar-refractivity contribution is 0.101. The van der Waals surface area contributed by atoms with E-state index in [2.05, 4.69) is 39.2 Å². The van der Waals surface area contributed by atoms with Crippen LogP contribution in [0.1, 0.15) is 46.6 Å². The van der Waals surface area contributed by atoms with Crippen LogP contribution in [0.5, 0.6) is 0 Å².